The minimum atomic E-state index is -0.407. The van der Waals surface area contributed by atoms with Crippen molar-refractivity contribution in [2.75, 3.05) is 19.7 Å². The number of carbonyl (C=O) groups is 2. The van der Waals surface area contributed by atoms with Crippen LogP contribution >= 0.6 is 11.6 Å². The quantitative estimate of drug-likeness (QED) is 0.851. The van der Waals surface area contributed by atoms with Crippen LogP contribution in [0, 0.1) is 0 Å². The van der Waals surface area contributed by atoms with E-state index in [2.05, 4.69) is 0 Å². The molecule has 0 spiro atoms. The Morgan fingerprint density at radius 2 is 1.95 bits per heavy atom. The Hall–Kier alpha value is -1.75. The van der Waals surface area contributed by atoms with Crippen LogP contribution in [0.15, 0.2) is 24.3 Å². The molecule has 0 radical (unpaired) electrons. The van der Waals surface area contributed by atoms with Gasteiger partial charge in [0, 0.05) is 11.6 Å². The first-order chi connectivity index (χ1) is 10.6. The van der Waals surface area contributed by atoms with E-state index in [4.69, 9.17) is 16.3 Å². The second-order valence-corrected chi connectivity index (χ2v) is 6.14. The predicted octanol–water partition coefficient (Wildman–Crippen LogP) is 1.94. The summed E-state index contributed by atoms with van der Waals surface area (Å²) in [5, 5.41) is 0.652. The number of hydrogen-bond acceptors (Lipinski definition) is 3. The Morgan fingerprint density at radius 1 is 1.23 bits per heavy atom. The molecular formula is C16H19ClN2O3. The Morgan fingerprint density at radius 3 is 2.68 bits per heavy atom. The van der Waals surface area contributed by atoms with Crippen molar-refractivity contribution in [3.63, 3.8) is 0 Å². The van der Waals surface area contributed by atoms with E-state index < -0.39 is 6.04 Å². The van der Waals surface area contributed by atoms with E-state index in [1.807, 2.05) is 0 Å². The van der Waals surface area contributed by atoms with Gasteiger partial charge in [0.2, 0.25) is 11.8 Å². The van der Waals surface area contributed by atoms with Crippen LogP contribution in [0.3, 0.4) is 0 Å². The van der Waals surface area contributed by atoms with Crippen molar-refractivity contribution in [2.45, 2.75) is 31.8 Å². The van der Waals surface area contributed by atoms with Gasteiger partial charge >= 0.3 is 0 Å². The van der Waals surface area contributed by atoms with E-state index >= 15 is 0 Å². The summed E-state index contributed by atoms with van der Waals surface area (Å²) in [6.07, 6.45) is 1.68. The van der Waals surface area contributed by atoms with Crippen LogP contribution in [0.5, 0.6) is 5.75 Å². The lowest BCUT2D eigenvalue weighted by Crippen LogP contribution is -2.62. The largest absolute Gasteiger partial charge is 0.492 e. The molecule has 2 fully saturated rings. The Bertz CT molecular complexity index is 575. The van der Waals surface area contributed by atoms with Crippen molar-refractivity contribution in [3.05, 3.63) is 29.3 Å². The highest BCUT2D eigenvalue weighted by molar-refractivity contribution is 6.30. The molecule has 3 rings (SSSR count). The number of rotatable bonds is 4. The number of amides is 2. The third-order valence-electron chi connectivity index (χ3n) is 4.34. The summed E-state index contributed by atoms with van der Waals surface area (Å²) in [5.41, 5.74) is 0. The molecule has 0 aromatic heterocycles. The fourth-order valence-electron chi connectivity index (χ4n) is 3.14. The van der Waals surface area contributed by atoms with Crippen molar-refractivity contribution in [3.8, 4) is 5.75 Å². The van der Waals surface area contributed by atoms with Gasteiger partial charge in [0.25, 0.3) is 0 Å². The molecule has 2 atom stereocenters. The van der Waals surface area contributed by atoms with Gasteiger partial charge in [-0.15, -0.1) is 0 Å². The van der Waals surface area contributed by atoms with Crippen molar-refractivity contribution in [2.24, 2.45) is 0 Å². The summed E-state index contributed by atoms with van der Waals surface area (Å²) in [4.78, 5) is 28.2. The van der Waals surface area contributed by atoms with Gasteiger partial charge in [-0.25, -0.2) is 0 Å². The minimum Gasteiger partial charge on any atom is -0.492 e. The van der Waals surface area contributed by atoms with Gasteiger partial charge in [-0.3, -0.25) is 9.59 Å². The van der Waals surface area contributed by atoms with Gasteiger partial charge in [-0.2, -0.15) is 0 Å². The SMILES string of the molecule is C[C@H]1C(=O)N2CCC[C@H]2C(=O)N1CCOc1ccc(Cl)cc1. The maximum Gasteiger partial charge on any atom is 0.246 e. The minimum absolute atomic E-state index is 0.0457. The van der Waals surface area contributed by atoms with Crippen LogP contribution in [0.1, 0.15) is 19.8 Å². The van der Waals surface area contributed by atoms with Crippen molar-refractivity contribution < 1.29 is 14.3 Å². The van der Waals surface area contributed by atoms with Gasteiger partial charge in [0.1, 0.15) is 24.4 Å². The van der Waals surface area contributed by atoms with Gasteiger partial charge in [0.05, 0.1) is 6.54 Å². The average Bonchev–Trinajstić information content (AvgIpc) is 3.00. The van der Waals surface area contributed by atoms with Crippen LogP contribution in [-0.4, -0.2) is 53.4 Å². The van der Waals surface area contributed by atoms with Crippen LogP contribution in [0.25, 0.3) is 0 Å². The van der Waals surface area contributed by atoms with Crippen LogP contribution in [0.2, 0.25) is 5.02 Å². The highest BCUT2D eigenvalue weighted by Crippen LogP contribution is 2.26. The van der Waals surface area contributed by atoms with Crippen LogP contribution in [0.4, 0.5) is 0 Å². The Labute approximate surface area is 134 Å². The first kappa shape index (κ1) is 15.2. The topological polar surface area (TPSA) is 49.9 Å². The fourth-order valence-corrected chi connectivity index (χ4v) is 3.27. The van der Waals surface area contributed by atoms with E-state index in [0.717, 1.165) is 12.8 Å². The lowest BCUT2D eigenvalue weighted by Gasteiger charge is -2.40. The summed E-state index contributed by atoms with van der Waals surface area (Å²) < 4.78 is 5.63. The van der Waals surface area contributed by atoms with E-state index in [1.54, 1.807) is 41.0 Å². The highest BCUT2D eigenvalue weighted by atomic mass is 35.5. The number of halogens is 1. The molecule has 1 aromatic rings. The zero-order chi connectivity index (χ0) is 15.7. The molecule has 2 aliphatic heterocycles. The molecule has 5 nitrogen and oxygen atoms in total. The maximum atomic E-state index is 12.5. The molecule has 0 unspecified atom stereocenters. The monoisotopic (exact) mass is 322 g/mol. The first-order valence-electron chi connectivity index (χ1n) is 7.57. The van der Waals surface area contributed by atoms with Gasteiger partial charge in [-0.05, 0) is 44.0 Å². The molecule has 2 saturated heterocycles. The molecule has 0 aliphatic carbocycles. The first-order valence-corrected chi connectivity index (χ1v) is 7.95. The molecular weight excluding hydrogens is 304 g/mol. The molecule has 2 amide bonds. The smallest absolute Gasteiger partial charge is 0.246 e. The number of piperazine rings is 1. The van der Waals surface area contributed by atoms with Crippen LogP contribution in [-0.2, 0) is 9.59 Å². The van der Waals surface area contributed by atoms with Gasteiger partial charge < -0.3 is 14.5 Å². The second kappa shape index (κ2) is 6.16. The third-order valence-corrected chi connectivity index (χ3v) is 4.60. The second-order valence-electron chi connectivity index (χ2n) is 5.70. The fraction of sp³-hybridized carbons (Fsp3) is 0.500. The zero-order valence-electron chi connectivity index (χ0n) is 12.5. The third kappa shape index (κ3) is 2.77. The lowest BCUT2D eigenvalue weighted by atomic mass is 10.1. The molecule has 0 N–H and O–H groups in total. The molecule has 2 heterocycles. The van der Waals surface area contributed by atoms with Gasteiger partial charge in [-0.1, -0.05) is 11.6 Å². The molecule has 0 bridgehead atoms. The molecule has 0 saturated carbocycles. The summed E-state index contributed by atoms with van der Waals surface area (Å²) in [6.45, 7) is 3.27. The number of ether oxygens (including phenoxy) is 1. The van der Waals surface area contributed by atoms with Crippen molar-refractivity contribution in [1.29, 1.82) is 0 Å². The zero-order valence-corrected chi connectivity index (χ0v) is 13.3. The van der Waals surface area contributed by atoms with Crippen molar-refractivity contribution in [1.82, 2.24) is 9.80 Å². The van der Waals surface area contributed by atoms with E-state index in [0.29, 0.717) is 30.5 Å². The van der Waals surface area contributed by atoms with E-state index in [9.17, 15) is 9.59 Å². The number of benzene rings is 1. The maximum absolute atomic E-state index is 12.5. The summed E-state index contributed by atoms with van der Waals surface area (Å²) in [7, 11) is 0. The van der Waals surface area contributed by atoms with Gasteiger partial charge in [0.15, 0.2) is 0 Å². The highest BCUT2D eigenvalue weighted by Gasteiger charge is 2.45. The average molecular weight is 323 g/mol. The molecule has 22 heavy (non-hydrogen) atoms. The van der Waals surface area contributed by atoms with E-state index in [1.165, 1.54) is 0 Å². The molecule has 6 heteroatoms. The van der Waals surface area contributed by atoms with E-state index in [-0.39, 0.29) is 17.9 Å². The normalized spacial score (nSPS) is 24.6. The standard InChI is InChI=1S/C16H19ClN2O3/c1-11-15(20)19-8-2-3-14(19)16(21)18(11)9-10-22-13-6-4-12(17)5-7-13/h4-7,11,14H,2-3,8-10H2,1H3/t11-,14-/m0/s1. The molecule has 2 aliphatic rings. The molecule has 1 aromatic carbocycles. The molecule has 118 valence electrons. The summed E-state index contributed by atoms with van der Waals surface area (Å²) in [5.74, 6) is 0.799. The number of nitrogens with zero attached hydrogens (tertiary/aromatic N) is 2. The predicted molar refractivity (Wildman–Crippen MR) is 82.9 cm³/mol. The Balaban J connectivity index is 1.60. The van der Waals surface area contributed by atoms with Crippen LogP contribution < -0.4 is 4.74 Å². The number of fused-ring (bicyclic) bond motifs is 1. The van der Waals surface area contributed by atoms with Crippen molar-refractivity contribution >= 4 is 23.4 Å². The Kier molecular flexibility index (Phi) is 4.25. The summed E-state index contributed by atoms with van der Waals surface area (Å²) >= 11 is 5.82. The number of hydrogen-bond donors (Lipinski definition) is 0. The lowest BCUT2D eigenvalue weighted by molar-refractivity contribution is -0.158. The summed E-state index contributed by atoms with van der Waals surface area (Å²) in [6, 6.07) is 6.41. The number of carbonyl (C=O) groups excluding carboxylic acids is 2.